The van der Waals surface area contributed by atoms with Crippen molar-refractivity contribution in [2.75, 3.05) is 32.9 Å². The van der Waals surface area contributed by atoms with Gasteiger partial charge in [-0.3, -0.25) is 9.20 Å². The van der Waals surface area contributed by atoms with Crippen LogP contribution in [-0.2, 0) is 32.2 Å². The summed E-state index contributed by atoms with van der Waals surface area (Å²) in [5, 5.41) is 11.2. The Balaban J connectivity index is 1.56. The summed E-state index contributed by atoms with van der Waals surface area (Å²) in [4.78, 5) is 26.8. The van der Waals surface area contributed by atoms with E-state index in [-0.39, 0.29) is 25.4 Å². The van der Waals surface area contributed by atoms with Crippen molar-refractivity contribution < 1.29 is 32.6 Å². The zero-order chi connectivity index (χ0) is 27.3. The molecule has 0 spiro atoms. The average Bonchev–Trinajstić information content (AvgIpc) is 3.32. The number of hydrogen-bond acceptors (Lipinski definition) is 8. The van der Waals surface area contributed by atoms with Gasteiger partial charge in [0.25, 0.3) is 0 Å². The second-order valence-corrected chi connectivity index (χ2v) is 9.42. The van der Waals surface area contributed by atoms with Gasteiger partial charge >= 0.3 is 6.09 Å². The van der Waals surface area contributed by atoms with Crippen molar-refractivity contribution in [3.05, 3.63) is 65.1 Å². The first-order chi connectivity index (χ1) is 18.1. The Bertz CT molecular complexity index is 1290. The van der Waals surface area contributed by atoms with Crippen molar-refractivity contribution in [2.45, 2.75) is 38.6 Å². The number of rotatable bonds is 9. The second kappa shape index (κ2) is 11.8. The SMILES string of the molecule is CC(C)(N)C(=O)N[C@H](COCc1ccc(F)cc1F)c1nnc2cccc(COC(=O)N3CCOCC3)n12. The number of carbonyl (C=O) groups is 2. The van der Waals surface area contributed by atoms with Gasteiger partial charge in [0.2, 0.25) is 5.91 Å². The molecular weight excluding hydrogens is 502 g/mol. The molecule has 204 valence electrons. The number of fused-ring (bicyclic) bond motifs is 1. The molecule has 11 nitrogen and oxygen atoms in total. The van der Waals surface area contributed by atoms with E-state index in [1.807, 2.05) is 0 Å². The van der Waals surface area contributed by atoms with Crippen LogP contribution in [-0.4, -0.2) is 69.9 Å². The summed E-state index contributed by atoms with van der Waals surface area (Å²) < 4.78 is 45.5. The van der Waals surface area contributed by atoms with E-state index >= 15 is 0 Å². The van der Waals surface area contributed by atoms with Crippen molar-refractivity contribution >= 4 is 17.6 Å². The number of pyridine rings is 1. The highest BCUT2D eigenvalue weighted by Gasteiger charge is 2.29. The number of halogens is 2. The Morgan fingerprint density at radius 2 is 1.92 bits per heavy atom. The minimum Gasteiger partial charge on any atom is -0.443 e. The number of aromatic nitrogens is 3. The third-order valence-corrected chi connectivity index (χ3v) is 5.91. The van der Waals surface area contributed by atoms with Crippen LogP contribution in [0.1, 0.15) is 37.0 Å². The van der Waals surface area contributed by atoms with E-state index in [9.17, 15) is 18.4 Å². The van der Waals surface area contributed by atoms with Gasteiger partial charge in [0.15, 0.2) is 11.5 Å². The van der Waals surface area contributed by atoms with Crippen molar-refractivity contribution in [1.29, 1.82) is 0 Å². The van der Waals surface area contributed by atoms with Crippen LogP contribution >= 0.6 is 0 Å². The smallest absolute Gasteiger partial charge is 0.410 e. The predicted octanol–water partition coefficient (Wildman–Crippen LogP) is 2.09. The lowest BCUT2D eigenvalue weighted by atomic mass is 10.1. The normalized spacial score (nSPS) is 14.9. The molecule has 0 saturated carbocycles. The number of nitrogens with one attached hydrogen (secondary N) is 1. The van der Waals surface area contributed by atoms with E-state index < -0.39 is 35.2 Å². The summed E-state index contributed by atoms with van der Waals surface area (Å²) in [6.45, 7) is 4.49. The van der Waals surface area contributed by atoms with Crippen LogP contribution in [0.25, 0.3) is 5.65 Å². The fraction of sp³-hybridized carbons (Fsp3) is 0.440. The maximum absolute atomic E-state index is 14.1. The molecule has 1 saturated heterocycles. The molecule has 3 aromatic rings. The zero-order valence-electron chi connectivity index (χ0n) is 21.2. The van der Waals surface area contributed by atoms with E-state index in [0.717, 1.165) is 12.1 Å². The maximum atomic E-state index is 14.1. The summed E-state index contributed by atoms with van der Waals surface area (Å²) in [5.74, 6) is -1.62. The van der Waals surface area contributed by atoms with E-state index in [0.29, 0.717) is 43.5 Å². The molecule has 2 amide bonds. The number of benzene rings is 1. The van der Waals surface area contributed by atoms with Gasteiger partial charge in [0.1, 0.15) is 24.3 Å². The molecule has 0 aliphatic carbocycles. The first-order valence-electron chi connectivity index (χ1n) is 12.1. The molecule has 0 bridgehead atoms. The molecule has 13 heteroatoms. The van der Waals surface area contributed by atoms with Gasteiger partial charge in [-0.25, -0.2) is 13.6 Å². The monoisotopic (exact) mass is 532 g/mol. The summed E-state index contributed by atoms with van der Waals surface area (Å²) >= 11 is 0. The molecule has 1 aliphatic heterocycles. The number of hydrogen-bond donors (Lipinski definition) is 2. The van der Waals surface area contributed by atoms with Crippen LogP contribution in [0.2, 0.25) is 0 Å². The van der Waals surface area contributed by atoms with Gasteiger partial charge in [0.05, 0.1) is 37.7 Å². The highest BCUT2D eigenvalue weighted by molar-refractivity contribution is 5.85. The van der Waals surface area contributed by atoms with E-state index in [1.54, 1.807) is 41.3 Å². The third kappa shape index (κ3) is 6.60. The van der Waals surface area contributed by atoms with Gasteiger partial charge in [0, 0.05) is 24.7 Å². The Morgan fingerprint density at radius 1 is 1.16 bits per heavy atom. The lowest BCUT2D eigenvalue weighted by Gasteiger charge is -2.26. The minimum absolute atomic E-state index is 0.0801. The summed E-state index contributed by atoms with van der Waals surface area (Å²) in [5.41, 5.74) is 5.93. The number of morpholine rings is 1. The lowest BCUT2D eigenvalue weighted by molar-refractivity contribution is -0.126. The highest BCUT2D eigenvalue weighted by Crippen LogP contribution is 2.19. The molecule has 0 radical (unpaired) electrons. The highest BCUT2D eigenvalue weighted by atomic mass is 19.1. The van der Waals surface area contributed by atoms with Crippen molar-refractivity contribution in [1.82, 2.24) is 24.8 Å². The second-order valence-electron chi connectivity index (χ2n) is 9.42. The topological polar surface area (TPSA) is 133 Å². The van der Waals surface area contributed by atoms with Crippen LogP contribution in [0.5, 0.6) is 0 Å². The van der Waals surface area contributed by atoms with Crippen molar-refractivity contribution in [2.24, 2.45) is 5.73 Å². The molecule has 0 unspecified atom stereocenters. The number of nitrogens with two attached hydrogens (primary N) is 1. The fourth-order valence-electron chi connectivity index (χ4n) is 3.79. The van der Waals surface area contributed by atoms with Gasteiger partial charge in [-0.05, 0) is 32.0 Å². The summed E-state index contributed by atoms with van der Waals surface area (Å²) in [6.07, 6.45) is -0.473. The van der Waals surface area contributed by atoms with Crippen LogP contribution < -0.4 is 11.1 Å². The fourth-order valence-corrected chi connectivity index (χ4v) is 3.79. The zero-order valence-corrected chi connectivity index (χ0v) is 21.2. The van der Waals surface area contributed by atoms with Gasteiger partial charge in [-0.15, -0.1) is 10.2 Å². The molecule has 1 aromatic carbocycles. The molecule has 3 heterocycles. The molecular formula is C25H30F2N6O5. The predicted molar refractivity (Wildman–Crippen MR) is 131 cm³/mol. The van der Waals surface area contributed by atoms with E-state index in [1.165, 1.54) is 6.07 Å². The van der Waals surface area contributed by atoms with Crippen LogP contribution in [0.15, 0.2) is 36.4 Å². The standard InChI is InChI=1S/C25H30F2N6O5/c1-25(2,28)23(34)29-20(15-37-13-16-6-7-17(26)12-19(16)27)22-31-30-21-5-3-4-18(33(21)22)14-38-24(35)32-8-10-36-11-9-32/h3-7,12,20H,8-11,13-15,28H2,1-2H3,(H,29,34)/t20-/m1/s1. The molecule has 4 rings (SSSR count). The Hall–Kier alpha value is -3.68. The van der Waals surface area contributed by atoms with Crippen LogP contribution in [0, 0.1) is 11.6 Å². The minimum atomic E-state index is -1.21. The lowest BCUT2D eigenvalue weighted by Crippen LogP contribution is -2.51. The summed E-state index contributed by atoms with van der Waals surface area (Å²) in [6, 6.07) is 7.54. The average molecular weight is 533 g/mol. The molecule has 38 heavy (non-hydrogen) atoms. The molecule has 1 atom stereocenters. The largest absolute Gasteiger partial charge is 0.443 e. The first kappa shape index (κ1) is 27.4. The van der Waals surface area contributed by atoms with Crippen LogP contribution in [0.4, 0.5) is 13.6 Å². The molecule has 1 aliphatic rings. The molecule has 2 aromatic heterocycles. The number of amides is 2. The Morgan fingerprint density at radius 3 is 2.63 bits per heavy atom. The third-order valence-electron chi connectivity index (χ3n) is 5.91. The molecule has 1 fully saturated rings. The first-order valence-corrected chi connectivity index (χ1v) is 12.1. The Kier molecular flexibility index (Phi) is 8.49. The maximum Gasteiger partial charge on any atom is 0.410 e. The quantitative estimate of drug-likeness (QED) is 0.428. The van der Waals surface area contributed by atoms with Crippen LogP contribution in [0.3, 0.4) is 0 Å². The van der Waals surface area contributed by atoms with E-state index in [4.69, 9.17) is 19.9 Å². The van der Waals surface area contributed by atoms with Crippen molar-refractivity contribution in [3.8, 4) is 0 Å². The van der Waals surface area contributed by atoms with E-state index in [2.05, 4.69) is 15.5 Å². The summed E-state index contributed by atoms with van der Waals surface area (Å²) in [7, 11) is 0. The number of ether oxygens (including phenoxy) is 3. The van der Waals surface area contributed by atoms with Gasteiger partial charge < -0.3 is 30.2 Å². The number of carbonyl (C=O) groups excluding carboxylic acids is 2. The molecule has 3 N–H and O–H groups in total. The van der Waals surface area contributed by atoms with Gasteiger partial charge in [-0.1, -0.05) is 12.1 Å². The number of nitrogens with zero attached hydrogens (tertiary/aromatic N) is 4. The van der Waals surface area contributed by atoms with Crippen molar-refractivity contribution in [3.63, 3.8) is 0 Å². The Labute approximate surface area is 217 Å². The van der Waals surface area contributed by atoms with Gasteiger partial charge in [-0.2, -0.15) is 0 Å².